The van der Waals surface area contributed by atoms with E-state index in [1.54, 1.807) is 18.2 Å². The highest BCUT2D eigenvalue weighted by molar-refractivity contribution is 5.58. The first-order valence-corrected chi connectivity index (χ1v) is 5.02. The Bertz CT molecular complexity index is 495. The van der Waals surface area contributed by atoms with Crippen LogP contribution in [-0.2, 0) is 5.92 Å². The van der Waals surface area contributed by atoms with Crippen LogP contribution in [0.1, 0.15) is 18.2 Å². The van der Waals surface area contributed by atoms with Crippen molar-refractivity contribution in [1.29, 1.82) is 0 Å². The summed E-state index contributed by atoms with van der Waals surface area (Å²) in [4.78, 5) is 0. The Balaban J connectivity index is 2.44. The van der Waals surface area contributed by atoms with Crippen LogP contribution in [0.25, 0.3) is 11.3 Å². The third-order valence-corrected chi connectivity index (χ3v) is 2.39. The first-order valence-electron chi connectivity index (χ1n) is 5.02. The van der Waals surface area contributed by atoms with Gasteiger partial charge in [-0.15, -0.1) is 0 Å². The van der Waals surface area contributed by atoms with Gasteiger partial charge in [-0.05, 0) is 25.1 Å². The van der Waals surface area contributed by atoms with Crippen molar-refractivity contribution in [2.75, 3.05) is 0 Å². The first kappa shape index (κ1) is 10.9. The highest BCUT2D eigenvalue weighted by Gasteiger charge is 2.24. The Morgan fingerprint density at radius 1 is 1.12 bits per heavy atom. The third kappa shape index (κ3) is 2.13. The molecule has 1 aromatic heterocycles. The molecule has 0 aliphatic rings. The highest BCUT2D eigenvalue weighted by Crippen LogP contribution is 2.30. The van der Waals surface area contributed by atoms with Crippen LogP contribution in [0.3, 0.4) is 0 Å². The van der Waals surface area contributed by atoms with E-state index < -0.39 is 5.92 Å². The quantitative estimate of drug-likeness (QED) is 0.735. The van der Waals surface area contributed by atoms with Gasteiger partial charge in [0.2, 0.25) is 0 Å². The maximum absolute atomic E-state index is 13.1. The second-order valence-corrected chi connectivity index (χ2v) is 3.88. The topological polar surface area (TPSA) is 13.1 Å². The molecule has 1 nitrogen and oxygen atoms in total. The first-order chi connectivity index (χ1) is 7.47. The van der Waals surface area contributed by atoms with Crippen LogP contribution >= 0.6 is 0 Å². The van der Waals surface area contributed by atoms with Crippen LogP contribution in [0.2, 0.25) is 0 Å². The molecule has 0 unspecified atom stereocenters. The zero-order chi connectivity index (χ0) is 11.8. The van der Waals surface area contributed by atoms with Crippen molar-refractivity contribution >= 4 is 0 Å². The molecular formula is C13H12F2O. The molecule has 0 aliphatic heterocycles. The van der Waals surface area contributed by atoms with Crippen molar-refractivity contribution in [2.45, 2.75) is 19.8 Å². The zero-order valence-electron chi connectivity index (χ0n) is 9.13. The Morgan fingerprint density at radius 3 is 2.44 bits per heavy atom. The molecular weight excluding hydrogens is 210 g/mol. The largest absolute Gasteiger partial charge is 0.461 e. The Kier molecular flexibility index (Phi) is 2.54. The normalized spacial score (nSPS) is 11.8. The van der Waals surface area contributed by atoms with Crippen molar-refractivity contribution in [3.05, 3.63) is 47.7 Å². The number of hydrogen-bond acceptors (Lipinski definition) is 1. The fourth-order valence-corrected chi connectivity index (χ4v) is 1.54. The summed E-state index contributed by atoms with van der Waals surface area (Å²) in [6, 6.07) is 9.83. The Hall–Kier alpha value is -1.64. The van der Waals surface area contributed by atoms with Gasteiger partial charge in [0, 0.05) is 18.1 Å². The molecule has 0 aliphatic carbocycles. The van der Waals surface area contributed by atoms with Crippen LogP contribution in [-0.4, -0.2) is 0 Å². The van der Waals surface area contributed by atoms with Gasteiger partial charge < -0.3 is 4.42 Å². The van der Waals surface area contributed by atoms with E-state index in [-0.39, 0.29) is 5.56 Å². The van der Waals surface area contributed by atoms with Crippen LogP contribution in [0.4, 0.5) is 8.78 Å². The van der Waals surface area contributed by atoms with Gasteiger partial charge >= 0.3 is 0 Å². The maximum atomic E-state index is 13.1. The van der Waals surface area contributed by atoms with Gasteiger partial charge in [-0.1, -0.05) is 18.2 Å². The van der Waals surface area contributed by atoms with Gasteiger partial charge in [0.15, 0.2) is 0 Å². The fourth-order valence-electron chi connectivity index (χ4n) is 1.54. The van der Waals surface area contributed by atoms with E-state index >= 15 is 0 Å². The molecule has 2 aromatic rings. The average molecular weight is 222 g/mol. The van der Waals surface area contributed by atoms with Gasteiger partial charge in [-0.25, -0.2) is 8.78 Å². The smallest absolute Gasteiger partial charge is 0.270 e. The van der Waals surface area contributed by atoms with E-state index in [1.807, 2.05) is 13.0 Å². The van der Waals surface area contributed by atoms with Gasteiger partial charge in [-0.3, -0.25) is 0 Å². The van der Waals surface area contributed by atoms with Gasteiger partial charge in [0.05, 0.1) is 0 Å². The molecule has 0 bridgehead atoms. The predicted octanol–water partition coefficient (Wildman–Crippen LogP) is 4.37. The second kappa shape index (κ2) is 3.74. The SMILES string of the molecule is Cc1ccc(-c2cccc(C(C)(F)F)c2)o1. The van der Waals surface area contributed by atoms with E-state index in [9.17, 15) is 8.78 Å². The minimum Gasteiger partial charge on any atom is -0.461 e. The molecule has 0 amide bonds. The summed E-state index contributed by atoms with van der Waals surface area (Å²) < 4.78 is 31.6. The minimum absolute atomic E-state index is 0.000877. The summed E-state index contributed by atoms with van der Waals surface area (Å²) in [5.74, 6) is -1.44. The standard InChI is InChI=1S/C13H12F2O/c1-9-6-7-12(16-9)10-4-3-5-11(8-10)13(2,14)15/h3-8H,1-2H3. The average Bonchev–Trinajstić information content (AvgIpc) is 2.64. The molecule has 0 saturated carbocycles. The number of halogens is 2. The summed E-state index contributed by atoms with van der Waals surface area (Å²) in [5, 5.41) is 0. The summed E-state index contributed by atoms with van der Waals surface area (Å²) >= 11 is 0. The molecule has 0 saturated heterocycles. The lowest BCUT2D eigenvalue weighted by atomic mass is 10.1. The minimum atomic E-state index is -2.82. The van der Waals surface area contributed by atoms with Gasteiger partial charge in [-0.2, -0.15) is 0 Å². The van der Waals surface area contributed by atoms with Crippen LogP contribution in [0.15, 0.2) is 40.8 Å². The highest BCUT2D eigenvalue weighted by atomic mass is 19.3. The van der Waals surface area contributed by atoms with Gasteiger partial charge in [0.25, 0.3) is 5.92 Å². The van der Waals surface area contributed by atoms with Crippen molar-refractivity contribution in [3.8, 4) is 11.3 Å². The van der Waals surface area contributed by atoms with Gasteiger partial charge in [0.1, 0.15) is 11.5 Å². The fraction of sp³-hybridized carbons (Fsp3) is 0.231. The molecule has 1 aromatic carbocycles. The summed E-state index contributed by atoms with van der Waals surface area (Å²) in [5.41, 5.74) is 0.672. The Labute approximate surface area is 92.7 Å². The van der Waals surface area contributed by atoms with Crippen LogP contribution < -0.4 is 0 Å². The van der Waals surface area contributed by atoms with E-state index in [4.69, 9.17) is 4.42 Å². The molecule has 0 N–H and O–H groups in total. The number of aryl methyl sites for hydroxylation is 1. The van der Waals surface area contributed by atoms with Crippen molar-refractivity contribution < 1.29 is 13.2 Å². The van der Waals surface area contributed by atoms with E-state index in [2.05, 4.69) is 0 Å². The molecule has 2 rings (SSSR count). The summed E-state index contributed by atoms with van der Waals surface area (Å²) in [7, 11) is 0. The lowest BCUT2D eigenvalue weighted by Crippen LogP contribution is -2.06. The zero-order valence-corrected chi connectivity index (χ0v) is 9.13. The Morgan fingerprint density at radius 2 is 1.88 bits per heavy atom. The van der Waals surface area contributed by atoms with Crippen LogP contribution in [0, 0.1) is 6.92 Å². The lowest BCUT2D eigenvalue weighted by Gasteiger charge is -2.11. The maximum Gasteiger partial charge on any atom is 0.270 e. The van der Waals surface area contributed by atoms with E-state index in [1.165, 1.54) is 12.1 Å². The molecule has 16 heavy (non-hydrogen) atoms. The lowest BCUT2D eigenvalue weighted by molar-refractivity contribution is 0.0175. The molecule has 0 radical (unpaired) electrons. The summed E-state index contributed by atoms with van der Waals surface area (Å²) in [6.45, 7) is 2.71. The van der Waals surface area contributed by atoms with Crippen molar-refractivity contribution in [3.63, 3.8) is 0 Å². The monoisotopic (exact) mass is 222 g/mol. The molecule has 0 spiro atoms. The molecule has 0 fully saturated rings. The molecule has 84 valence electrons. The molecule has 1 heterocycles. The molecule has 3 heteroatoms. The third-order valence-electron chi connectivity index (χ3n) is 2.39. The number of alkyl halides is 2. The van der Waals surface area contributed by atoms with Crippen molar-refractivity contribution in [1.82, 2.24) is 0 Å². The number of rotatable bonds is 2. The van der Waals surface area contributed by atoms with Crippen molar-refractivity contribution in [2.24, 2.45) is 0 Å². The number of benzene rings is 1. The van der Waals surface area contributed by atoms with Crippen LogP contribution in [0.5, 0.6) is 0 Å². The second-order valence-electron chi connectivity index (χ2n) is 3.88. The predicted molar refractivity (Wildman–Crippen MR) is 58.4 cm³/mol. The van der Waals surface area contributed by atoms with E-state index in [0.29, 0.717) is 11.3 Å². The molecule has 0 atom stereocenters. The summed E-state index contributed by atoms with van der Waals surface area (Å²) in [6.07, 6.45) is 0. The van der Waals surface area contributed by atoms with E-state index in [0.717, 1.165) is 12.7 Å². The number of hydrogen-bond donors (Lipinski definition) is 0. The number of furan rings is 1.